The lowest BCUT2D eigenvalue weighted by atomic mass is 10.2. The topological polar surface area (TPSA) is 64.7 Å². The molecule has 7 heteroatoms. The van der Waals surface area contributed by atoms with Gasteiger partial charge in [0.25, 0.3) is 5.91 Å². The van der Waals surface area contributed by atoms with Gasteiger partial charge in [0.1, 0.15) is 17.3 Å². The number of carbonyl (C=O) groups excluding carboxylic acids is 1. The molecule has 0 aliphatic heterocycles. The summed E-state index contributed by atoms with van der Waals surface area (Å²) in [7, 11) is 0. The van der Waals surface area contributed by atoms with E-state index in [1.165, 1.54) is 16.8 Å². The number of aromatic nitrogens is 4. The quantitative estimate of drug-likeness (QED) is 0.781. The number of halogens is 1. The van der Waals surface area contributed by atoms with Gasteiger partial charge in [0.05, 0.1) is 12.2 Å². The molecule has 2 heterocycles. The molecular weight excluding hydrogens is 309 g/mol. The summed E-state index contributed by atoms with van der Waals surface area (Å²) in [6.07, 6.45) is 5.72. The number of hydrogen-bond donors (Lipinski definition) is 1. The Balaban J connectivity index is 1.81. The van der Waals surface area contributed by atoms with Crippen molar-refractivity contribution in [1.29, 1.82) is 0 Å². The predicted molar refractivity (Wildman–Crippen MR) is 88.7 cm³/mol. The van der Waals surface area contributed by atoms with Crippen molar-refractivity contribution in [2.75, 3.05) is 5.32 Å². The van der Waals surface area contributed by atoms with Crippen molar-refractivity contribution in [2.45, 2.75) is 26.3 Å². The van der Waals surface area contributed by atoms with Gasteiger partial charge in [0.2, 0.25) is 0 Å². The Hall–Kier alpha value is -2.96. The van der Waals surface area contributed by atoms with Crippen molar-refractivity contribution < 1.29 is 9.18 Å². The maximum atomic E-state index is 14.3. The summed E-state index contributed by atoms with van der Waals surface area (Å²) in [6, 6.07) is 7.89. The number of nitrogens with one attached hydrogen (secondary N) is 1. The van der Waals surface area contributed by atoms with Crippen LogP contribution in [-0.2, 0) is 0 Å². The van der Waals surface area contributed by atoms with E-state index in [-0.39, 0.29) is 17.5 Å². The number of hydrogen-bond acceptors (Lipinski definition) is 3. The predicted octanol–water partition coefficient (Wildman–Crippen LogP) is 3.43. The van der Waals surface area contributed by atoms with Crippen molar-refractivity contribution in [3.8, 4) is 5.69 Å². The van der Waals surface area contributed by atoms with Gasteiger partial charge in [-0.1, -0.05) is 6.92 Å². The molecule has 0 saturated carbocycles. The molecule has 0 unspecified atom stereocenters. The molecule has 3 aromatic rings. The normalized spacial score (nSPS) is 12.1. The first-order valence-corrected chi connectivity index (χ1v) is 7.74. The van der Waals surface area contributed by atoms with Gasteiger partial charge >= 0.3 is 0 Å². The van der Waals surface area contributed by atoms with Gasteiger partial charge in [-0.2, -0.15) is 10.2 Å². The van der Waals surface area contributed by atoms with E-state index in [1.807, 2.05) is 13.8 Å². The molecule has 0 fully saturated rings. The number of rotatable bonds is 5. The molecule has 3 rings (SSSR count). The SMILES string of the molecule is CC[C@H](C)n1nccc1NC(=O)c1ccc(-n2cccn2)c(F)c1. The van der Waals surface area contributed by atoms with Gasteiger partial charge < -0.3 is 5.32 Å². The average Bonchev–Trinajstić information content (AvgIpc) is 3.25. The Kier molecular flexibility index (Phi) is 4.41. The molecule has 1 atom stereocenters. The van der Waals surface area contributed by atoms with Gasteiger partial charge in [0, 0.05) is 24.0 Å². The lowest BCUT2D eigenvalue weighted by molar-refractivity contribution is 0.102. The summed E-state index contributed by atoms with van der Waals surface area (Å²) in [6.45, 7) is 4.06. The van der Waals surface area contributed by atoms with Crippen LogP contribution in [0.1, 0.15) is 36.7 Å². The smallest absolute Gasteiger partial charge is 0.256 e. The van der Waals surface area contributed by atoms with E-state index in [0.29, 0.717) is 11.5 Å². The zero-order valence-electron chi connectivity index (χ0n) is 13.5. The van der Waals surface area contributed by atoms with Crippen LogP contribution in [0.4, 0.5) is 10.2 Å². The molecule has 0 bridgehead atoms. The summed E-state index contributed by atoms with van der Waals surface area (Å²) >= 11 is 0. The van der Waals surface area contributed by atoms with Crippen LogP contribution in [0.15, 0.2) is 48.9 Å². The van der Waals surface area contributed by atoms with Gasteiger partial charge in [-0.15, -0.1) is 0 Å². The molecule has 0 saturated heterocycles. The Morgan fingerprint density at radius 2 is 2.12 bits per heavy atom. The third kappa shape index (κ3) is 3.05. The zero-order chi connectivity index (χ0) is 17.1. The second-order valence-electron chi connectivity index (χ2n) is 5.49. The minimum Gasteiger partial charge on any atom is -0.307 e. The molecule has 1 aromatic carbocycles. The first kappa shape index (κ1) is 15.9. The molecule has 1 N–H and O–H groups in total. The Bertz CT molecular complexity index is 841. The van der Waals surface area contributed by atoms with Crippen molar-refractivity contribution in [2.24, 2.45) is 0 Å². The lowest BCUT2D eigenvalue weighted by Gasteiger charge is -2.14. The lowest BCUT2D eigenvalue weighted by Crippen LogP contribution is -2.17. The average molecular weight is 327 g/mol. The number of anilines is 1. The third-order valence-corrected chi connectivity index (χ3v) is 3.88. The Morgan fingerprint density at radius 3 is 2.79 bits per heavy atom. The maximum Gasteiger partial charge on any atom is 0.256 e. The zero-order valence-corrected chi connectivity index (χ0v) is 13.5. The van der Waals surface area contributed by atoms with Crippen LogP contribution in [-0.4, -0.2) is 25.5 Å². The van der Waals surface area contributed by atoms with E-state index in [2.05, 4.69) is 15.5 Å². The highest BCUT2D eigenvalue weighted by Gasteiger charge is 2.14. The van der Waals surface area contributed by atoms with Crippen molar-refractivity contribution in [1.82, 2.24) is 19.6 Å². The Morgan fingerprint density at radius 1 is 1.29 bits per heavy atom. The van der Waals surface area contributed by atoms with E-state index < -0.39 is 5.82 Å². The molecule has 0 spiro atoms. The monoisotopic (exact) mass is 327 g/mol. The molecule has 1 amide bonds. The van der Waals surface area contributed by atoms with Gasteiger partial charge in [-0.05, 0) is 37.6 Å². The van der Waals surface area contributed by atoms with Crippen LogP contribution in [0, 0.1) is 5.82 Å². The minimum absolute atomic E-state index is 0.161. The van der Waals surface area contributed by atoms with Crippen LogP contribution < -0.4 is 5.32 Å². The van der Waals surface area contributed by atoms with Crippen LogP contribution in [0.5, 0.6) is 0 Å². The van der Waals surface area contributed by atoms with E-state index in [4.69, 9.17) is 0 Å². The molecular formula is C17H18FN5O. The summed E-state index contributed by atoms with van der Waals surface area (Å²) in [4.78, 5) is 12.4. The second-order valence-corrected chi connectivity index (χ2v) is 5.49. The van der Waals surface area contributed by atoms with Crippen LogP contribution in [0.3, 0.4) is 0 Å². The summed E-state index contributed by atoms with van der Waals surface area (Å²) in [5.74, 6) is -0.307. The second kappa shape index (κ2) is 6.66. The van der Waals surface area contributed by atoms with Gasteiger partial charge in [-0.3, -0.25) is 4.79 Å². The summed E-state index contributed by atoms with van der Waals surface area (Å²) < 4.78 is 17.4. The third-order valence-electron chi connectivity index (χ3n) is 3.88. The van der Waals surface area contributed by atoms with E-state index in [9.17, 15) is 9.18 Å². The molecule has 0 aliphatic carbocycles. The molecule has 124 valence electrons. The standard InChI is InChI=1S/C17H18FN5O/c1-3-12(2)23-16(7-9-20-23)21-17(24)13-5-6-15(14(18)11-13)22-10-4-8-19-22/h4-12H,3H2,1-2H3,(H,21,24)/t12-/m0/s1. The van der Waals surface area contributed by atoms with Gasteiger partial charge in [-0.25, -0.2) is 13.8 Å². The van der Waals surface area contributed by atoms with Crippen LogP contribution >= 0.6 is 0 Å². The number of amides is 1. The van der Waals surface area contributed by atoms with E-state index in [1.54, 1.807) is 41.5 Å². The fourth-order valence-corrected chi connectivity index (χ4v) is 2.37. The fraction of sp³-hybridized carbons (Fsp3) is 0.235. The van der Waals surface area contributed by atoms with Crippen molar-refractivity contribution >= 4 is 11.7 Å². The first-order valence-electron chi connectivity index (χ1n) is 7.74. The van der Waals surface area contributed by atoms with Crippen molar-refractivity contribution in [3.63, 3.8) is 0 Å². The molecule has 0 aliphatic rings. The maximum absolute atomic E-state index is 14.3. The number of nitrogens with zero attached hydrogens (tertiary/aromatic N) is 4. The Labute approximate surface area is 138 Å². The fourth-order valence-electron chi connectivity index (χ4n) is 2.37. The summed E-state index contributed by atoms with van der Waals surface area (Å²) in [5, 5.41) is 11.0. The molecule has 2 aromatic heterocycles. The highest BCUT2D eigenvalue weighted by molar-refractivity contribution is 6.03. The van der Waals surface area contributed by atoms with Crippen LogP contribution in [0.25, 0.3) is 5.69 Å². The molecule has 0 radical (unpaired) electrons. The van der Waals surface area contributed by atoms with E-state index in [0.717, 1.165) is 6.42 Å². The van der Waals surface area contributed by atoms with Crippen LogP contribution in [0.2, 0.25) is 0 Å². The number of benzene rings is 1. The van der Waals surface area contributed by atoms with Crippen molar-refractivity contribution in [3.05, 3.63) is 60.3 Å². The minimum atomic E-state index is -0.512. The molecule has 6 nitrogen and oxygen atoms in total. The largest absolute Gasteiger partial charge is 0.307 e. The number of carbonyl (C=O) groups is 1. The highest BCUT2D eigenvalue weighted by atomic mass is 19.1. The van der Waals surface area contributed by atoms with E-state index >= 15 is 0 Å². The molecule has 24 heavy (non-hydrogen) atoms. The highest BCUT2D eigenvalue weighted by Crippen LogP contribution is 2.19. The first-order chi connectivity index (χ1) is 11.6. The summed E-state index contributed by atoms with van der Waals surface area (Å²) in [5.41, 5.74) is 0.529. The van der Waals surface area contributed by atoms with Gasteiger partial charge in [0.15, 0.2) is 0 Å².